The molecule has 3 rings (SSSR count). The van der Waals surface area contributed by atoms with Crippen LogP contribution < -0.4 is 10.6 Å². The normalized spacial score (nSPS) is 15.9. The molecule has 112 valence electrons. The smallest absolute Gasteiger partial charge is 0.315 e. The van der Waals surface area contributed by atoms with Gasteiger partial charge in [-0.05, 0) is 31.9 Å². The van der Waals surface area contributed by atoms with E-state index in [2.05, 4.69) is 15.6 Å². The van der Waals surface area contributed by atoms with Gasteiger partial charge in [-0.3, -0.25) is 0 Å². The largest absolute Gasteiger partial charge is 0.396 e. The highest BCUT2D eigenvalue weighted by Crippen LogP contribution is 2.44. The fourth-order valence-corrected chi connectivity index (χ4v) is 2.35. The molecule has 0 atom stereocenters. The van der Waals surface area contributed by atoms with Crippen LogP contribution in [0.15, 0.2) is 24.4 Å². The summed E-state index contributed by atoms with van der Waals surface area (Å²) in [7, 11) is 0. The maximum Gasteiger partial charge on any atom is 0.315 e. The third-order valence-electron chi connectivity index (χ3n) is 4.09. The summed E-state index contributed by atoms with van der Waals surface area (Å²) in [5.41, 5.74) is 2.74. The molecule has 2 aromatic heterocycles. The second-order valence-electron chi connectivity index (χ2n) is 5.82. The number of aliphatic hydroxyl groups is 1. The lowest BCUT2D eigenvalue weighted by Gasteiger charge is -2.12. The molecule has 1 fully saturated rings. The minimum Gasteiger partial charge on any atom is -0.396 e. The van der Waals surface area contributed by atoms with Gasteiger partial charge in [0.2, 0.25) is 0 Å². The van der Waals surface area contributed by atoms with Crippen LogP contribution in [0.5, 0.6) is 0 Å². The SMILES string of the molecule is Cc1cccc2nc(CNC(=O)NCC3(CO)CC3)cn12. The lowest BCUT2D eigenvalue weighted by Crippen LogP contribution is -2.39. The van der Waals surface area contributed by atoms with E-state index in [0.717, 1.165) is 29.9 Å². The Bertz CT molecular complexity index is 661. The predicted octanol–water partition coefficient (Wildman–Crippen LogP) is 1.21. The molecule has 21 heavy (non-hydrogen) atoms. The number of fused-ring (bicyclic) bond motifs is 1. The number of rotatable bonds is 5. The van der Waals surface area contributed by atoms with E-state index in [4.69, 9.17) is 0 Å². The molecule has 0 bridgehead atoms. The number of nitrogens with one attached hydrogen (secondary N) is 2. The van der Waals surface area contributed by atoms with Crippen molar-refractivity contribution in [1.29, 1.82) is 0 Å². The minimum absolute atomic E-state index is 0.0719. The van der Waals surface area contributed by atoms with Crippen LogP contribution in [0.2, 0.25) is 0 Å². The molecular formula is C15H20N4O2. The van der Waals surface area contributed by atoms with Gasteiger partial charge in [-0.25, -0.2) is 9.78 Å². The van der Waals surface area contributed by atoms with Crippen LogP contribution in [-0.2, 0) is 6.54 Å². The molecule has 2 aromatic rings. The molecule has 0 aromatic carbocycles. The van der Waals surface area contributed by atoms with E-state index < -0.39 is 0 Å². The topological polar surface area (TPSA) is 78.7 Å². The number of nitrogens with zero attached hydrogens (tertiary/aromatic N) is 2. The number of carbonyl (C=O) groups is 1. The fourth-order valence-electron chi connectivity index (χ4n) is 2.35. The maximum atomic E-state index is 11.8. The number of urea groups is 1. The Kier molecular flexibility index (Phi) is 3.55. The van der Waals surface area contributed by atoms with Crippen molar-refractivity contribution in [2.24, 2.45) is 5.41 Å². The van der Waals surface area contributed by atoms with E-state index in [1.165, 1.54) is 0 Å². The highest BCUT2D eigenvalue weighted by Gasteiger charge is 2.42. The standard InChI is InChI=1S/C15H20N4O2/c1-11-3-2-4-13-18-12(8-19(11)13)7-16-14(21)17-9-15(10-20)5-6-15/h2-4,8,20H,5-7,9-10H2,1H3,(H2,16,17,21). The first-order valence-corrected chi connectivity index (χ1v) is 7.18. The van der Waals surface area contributed by atoms with Gasteiger partial charge in [0.25, 0.3) is 0 Å². The highest BCUT2D eigenvalue weighted by molar-refractivity contribution is 5.73. The summed E-state index contributed by atoms with van der Waals surface area (Å²) in [4.78, 5) is 16.2. The van der Waals surface area contributed by atoms with E-state index in [1.807, 2.05) is 35.7 Å². The molecule has 0 saturated heterocycles. The molecule has 2 amide bonds. The number of carbonyl (C=O) groups excluding carboxylic acids is 1. The van der Waals surface area contributed by atoms with Gasteiger partial charge in [-0.1, -0.05) is 6.07 Å². The Morgan fingerprint density at radius 1 is 1.43 bits per heavy atom. The van der Waals surface area contributed by atoms with Crippen LogP contribution in [-0.4, -0.2) is 33.7 Å². The first-order valence-electron chi connectivity index (χ1n) is 7.18. The van der Waals surface area contributed by atoms with Crippen molar-refractivity contribution >= 4 is 11.7 Å². The van der Waals surface area contributed by atoms with Gasteiger partial charge < -0.3 is 20.1 Å². The molecule has 1 aliphatic rings. The first kappa shape index (κ1) is 13.9. The average molecular weight is 288 g/mol. The van der Waals surface area contributed by atoms with Crippen LogP contribution >= 0.6 is 0 Å². The van der Waals surface area contributed by atoms with Crippen LogP contribution in [0.25, 0.3) is 5.65 Å². The highest BCUT2D eigenvalue weighted by atomic mass is 16.3. The van der Waals surface area contributed by atoms with Crippen LogP contribution in [0.3, 0.4) is 0 Å². The summed E-state index contributed by atoms with van der Waals surface area (Å²) in [5, 5.41) is 14.8. The molecule has 1 saturated carbocycles. The monoisotopic (exact) mass is 288 g/mol. The zero-order valence-electron chi connectivity index (χ0n) is 12.1. The number of aryl methyl sites for hydroxylation is 1. The second-order valence-corrected chi connectivity index (χ2v) is 5.82. The Morgan fingerprint density at radius 2 is 2.24 bits per heavy atom. The van der Waals surface area contributed by atoms with Crippen molar-refractivity contribution in [3.63, 3.8) is 0 Å². The van der Waals surface area contributed by atoms with Gasteiger partial charge in [0.05, 0.1) is 18.8 Å². The Labute approximate surface area is 123 Å². The zero-order valence-corrected chi connectivity index (χ0v) is 12.1. The molecule has 6 nitrogen and oxygen atoms in total. The van der Waals surface area contributed by atoms with E-state index >= 15 is 0 Å². The molecule has 0 spiro atoms. The number of imidazole rings is 1. The van der Waals surface area contributed by atoms with E-state index in [-0.39, 0.29) is 18.1 Å². The average Bonchev–Trinajstić information content (AvgIpc) is 3.15. The molecule has 0 unspecified atom stereocenters. The Hall–Kier alpha value is -2.08. The Morgan fingerprint density at radius 3 is 2.90 bits per heavy atom. The lowest BCUT2D eigenvalue weighted by molar-refractivity contribution is 0.203. The summed E-state index contributed by atoms with van der Waals surface area (Å²) in [6.07, 6.45) is 3.89. The van der Waals surface area contributed by atoms with Gasteiger partial charge >= 0.3 is 6.03 Å². The predicted molar refractivity (Wildman–Crippen MR) is 78.9 cm³/mol. The van der Waals surface area contributed by atoms with E-state index in [9.17, 15) is 9.90 Å². The molecule has 3 N–H and O–H groups in total. The summed E-state index contributed by atoms with van der Waals surface area (Å²) in [5.74, 6) is 0. The van der Waals surface area contributed by atoms with Gasteiger partial charge in [0.15, 0.2) is 0 Å². The summed E-state index contributed by atoms with van der Waals surface area (Å²) in [6.45, 7) is 3.07. The van der Waals surface area contributed by atoms with Crippen molar-refractivity contribution in [3.05, 3.63) is 35.8 Å². The van der Waals surface area contributed by atoms with Crippen molar-refractivity contribution in [3.8, 4) is 0 Å². The number of hydrogen-bond donors (Lipinski definition) is 3. The van der Waals surface area contributed by atoms with Crippen molar-refractivity contribution < 1.29 is 9.90 Å². The van der Waals surface area contributed by atoms with Gasteiger partial charge in [0, 0.05) is 23.9 Å². The molecule has 6 heteroatoms. The van der Waals surface area contributed by atoms with Crippen LogP contribution in [0.1, 0.15) is 24.2 Å². The van der Waals surface area contributed by atoms with Crippen molar-refractivity contribution in [2.75, 3.05) is 13.2 Å². The van der Waals surface area contributed by atoms with Crippen molar-refractivity contribution in [1.82, 2.24) is 20.0 Å². The van der Waals surface area contributed by atoms with Crippen molar-refractivity contribution in [2.45, 2.75) is 26.3 Å². The number of aromatic nitrogens is 2. The van der Waals surface area contributed by atoms with Gasteiger partial charge in [0.1, 0.15) is 5.65 Å². The molecular weight excluding hydrogens is 268 g/mol. The quantitative estimate of drug-likeness (QED) is 0.774. The zero-order chi connectivity index (χ0) is 14.9. The number of amides is 2. The number of pyridine rings is 1. The fraction of sp³-hybridized carbons (Fsp3) is 0.467. The van der Waals surface area contributed by atoms with Crippen LogP contribution in [0.4, 0.5) is 4.79 Å². The summed E-state index contributed by atoms with van der Waals surface area (Å²) < 4.78 is 2.00. The summed E-state index contributed by atoms with van der Waals surface area (Å²) in [6, 6.07) is 5.70. The number of aliphatic hydroxyl groups excluding tert-OH is 1. The molecule has 1 aliphatic carbocycles. The van der Waals surface area contributed by atoms with Gasteiger partial charge in [-0.2, -0.15) is 0 Å². The first-order chi connectivity index (χ1) is 10.1. The van der Waals surface area contributed by atoms with Gasteiger partial charge in [-0.15, -0.1) is 0 Å². The second kappa shape index (κ2) is 5.37. The number of hydrogen-bond acceptors (Lipinski definition) is 3. The lowest BCUT2D eigenvalue weighted by atomic mass is 10.1. The third-order valence-corrected chi connectivity index (χ3v) is 4.09. The summed E-state index contributed by atoms with van der Waals surface area (Å²) >= 11 is 0. The minimum atomic E-state index is -0.219. The maximum absolute atomic E-state index is 11.8. The molecule has 2 heterocycles. The molecule has 0 aliphatic heterocycles. The van der Waals surface area contributed by atoms with E-state index in [1.54, 1.807) is 0 Å². The van der Waals surface area contributed by atoms with Crippen LogP contribution in [0, 0.1) is 12.3 Å². The third kappa shape index (κ3) is 3.00. The molecule has 0 radical (unpaired) electrons. The Balaban J connectivity index is 1.54. The van der Waals surface area contributed by atoms with E-state index in [0.29, 0.717) is 13.1 Å².